The van der Waals surface area contributed by atoms with Crippen LogP contribution in [0, 0.1) is 5.82 Å². The highest BCUT2D eigenvalue weighted by molar-refractivity contribution is 7.89. The topological polar surface area (TPSA) is 75.7 Å². The van der Waals surface area contributed by atoms with Gasteiger partial charge in [-0.05, 0) is 44.2 Å². The van der Waals surface area contributed by atoms with Gasteiger partial charge in [0.05, 0.1) is 22.8 Å². The van der Waals surface area contributed by atoms with E-state index in [0.717, 1.165) is 0 Å². The van der Waals surface area contributed by atoms with Crippen LogP contribution in [0.4, 0.5) is 10.1 Å². The van der Waals surface area contributed by atoms with Crippen LogP contribution in [0.3, 0.4) is 0 Å². The standard InChI is InChI=1S/C19H21FN2O4S/c1-13-11-22(12-14(2)26-13)27(24,25)16-7-5-6-15(10-16)19(23)21-18-9-4-3-8-17(18)20/h3-10,13-14H,11-12H2,1-2H3,(H,21,23)/t13-,14-/m1/s1. The van der Waals surface area contributed by atoms with Crippen molar-refractivity contribution in [1.82, 2.24) is 4.31 Å². The number of anilines is 1. The molecule has 27 heavy (non-hydrogen) atoms. The smallest absolute Gasteiger partial charge is 0.255 e. The van der Waals surface area contributed by atoms with Gasteiger partial charge in [0.25, 0.3) is 5.91 Å². The first-order valence-electron chi connectivity index (χ1n) is 8.59. The second-order valence-corrected chi connectivity index (χ2v) is 8.48. The van der Waals surface area contributed by atoms with Gasteiger partial charge >= 0.3 is 0 Å². The molecule has 0 bridgehead atoms. The van der Waals surface area contributed by atoms with Crippen molar-refractivity contribution in [1.29, 1.82) is 0 Å². The largest absolute Gasteiger partial charge is 0.373 e. The number of carbonyl (C=O) groups excluding carboxylic acids is 1. The Hall–Kier alpha value is -2.29. The van der Waals surface area contributed by atoms with Crippen LogP contribution in [0.1, 0.15) is 24.2 Å². The van der Waals surface area contributed by atoms with Gasteiger partial charge < -0.3 is 10.1 Å². The molecule has 144 valence electrons. The molecule has 2 atom stereocenters. The summed E-state index contributed by atoms with van der Waals surface area (Å²) in [4.78, 5) is 12.4. The molecule has 1 N–H and O–H groups in total. The van der Waals surface area contributed by atoms with Gasteiger partial charge in [0.1, 0.15) is 5.82 Å². The lowest BCUT2D eigenvalue weighted by atomic mass is 10.2. The highest BCUT2D eigenvalue weighted by atomic mass is 32.2. The molecule has 1 amide bonds. The van der Waals surface area contributed by atoms with E-state index in [9.17, 15) is 17.6 Å². The van der Waals surface area contributed by atoms with E-state index in [-0.39, 0.29) is 41.4 Å². The first kappa shape index (κ1) is 19.5. The zero-order valence-electron chi connectivity index (χ0n) is 15.1. The van der Waals surface area contributed by atoms with E-state index < -0.39 is 21.7 Å². The van der Waals surface area contributed by atoms with Crippen molar-refractivity contribution in [3.05, 3.63) is 59.9 Å². The van der Waals surface area contributed by atoms with Crippen molar-refractivity contribution < 1.29 is 22.3 Å². The number of benzene rings is 2. The molecule has 1 saturated heterocycles. The lowest BCUT2D eigenvalue weighted by Crippen LogP contribution is -2.48. The number of hydrogen-bond acceptors (Lipinski definition) is 4. The molecule has 2 aromatic carbocycles. The molecule has 0 spiro atoms. The Morgan fingerprint density at radius 3 is 2.44 bits per heavy atom. The summed E-state index contributed by atoms with van der Waals surface area (Å²) in [6.07, 6.45) is -0.424. The average molecular weight is 392 g/mol. The molecule has 1 fully saturated rings. The number of nitrogens with zero attached hydrogens (tertiary/aromatic N) is 1. The molecular formula is C19H21FN2O4S. The second kappa shape index (κ2) is 7.75. The SMILES string of the molecule is C[C@@H]1CN(S(=O)(=O)c2cccc(C(=O)Nc3ccccc3F)c2)C[C@@H](C)O1. The molecular weight excluding hydrogens is 371 g/mol. The Bertz CT molecular complexity index is 938. The number of morpholine rings is 1. The lowest BCUT2D eigenvalue weighted by Gasteiger charge is -2.34. The molecule has 1 aliphatic rings. The van der Waals surface area contributed by atoms with Crippen molar-refractivity contribution in [2.45, 2.75) is 31.0 Å². The summed E-state index contributed by atoms with van der Waals surface area (Å²) in [7, 11) is -3.77. The number of amides is 1. The zero-order valence-corrected chi connectivity index (χ0v) is 15.9. The first-order chi connectivity index (χ1) is 12.8. The minimum absolute atomic E-state index is 0.0185. The van der Waals surface area contributed by atoms with Crippen molar-refractivity contribution in [3.63, 3.8) is 0 Å². The Morgan fingerprint density at radius 1 is 1.11 bits per heavy atom. The Morgan fingerprint density at radius 2 is 1.78 bits per heavy atom. The molecule has 3 rings (SSSR count). The van der Waals surface area contributed by atoms with Crippen LogP contribution in [0.5, 0.6) is 0 Å². The summed E-state index contributed by atoms with van der Waals surface area (Å²) in [6.45, 7) is 4.13. The number of sulfonamides is 1. The van der Waals surface area contributed by atoms with Gasteiger partial charge in [0.15, 0.2) is 0 Å². The maximum Gasteiger partial charge on any atom is 0.255 e. The Labute approximate surface area is 158 Å². The third-order valence-electron chi connectivity index (χ3n) is 4.24. The maximum atomic E-state index is 13.7. The quantitative estimate of drug-likeness (QED) is 0.868. The lowest BCUT2D eigenvalue weighted by molar-refractivity contribution is -0.0440. The molecule has 1 heterocycles. The van der Waals surface area contributed by atoms with Gasteiger partial charge in [-0.3, -0.25) is 4.79 Å². The van der Waals surface area contributed by atoms with Crippen LogP contribution in [-0.4, -0.2) is 43.9 Å². The number of carbonyl (C=O) groups is 1. The van der Waals surface area contributed by atoms with Crippen LogP contribution < -0.4 is 5.32 Å². The van der Waals surface area contributed by atoms with E-state index in [4.69, 9.17) is 4.74 Å². The van der Waals surface area contributed by atoms with Gasteiger partial charge in [0, 0.05) is 18.7 Å². The number of ether oxygens (including phenoxy) is 1. The Balaban J connectivity index is 1.84. The van der Waals surface area contributed by atoms with Crippen LogP contribution in [-0.2, 0) is 14.8 Å². The maximum absolute atomic E-state index is 13.7. The predicted octanol–water partition coefficient (Wildman–Crippen LogP) is 2.88. The summed E-state index contributed by atoms with van der Waals surface area (Å²) in [5.74, 6) is -1.15. The van der Waals surface area contributed by atoms with Gasteiger partial charge in [-0.15, -0.1) is 0 Å². The van der Waals surface area contributed by atoms with Gasteiger partial charge in [-0.1, -0.05) is 18.2 Å². The number of halogens is 1. The molecule has 0 unspecified atom stereocenters. The van der Waals surface area contributed by atoms with Crippen molar-refractivity contribution >= 4 is 21.6 Å². The second-order valence-electron chi connectivity index (χ2n) is 6.54. The van der Waals surface area contributed by atoms with E-state index in [2.05, 4.69) is 5.32 Å². The van der Waals surface area contributed by atoms with E-state index >= 15 is 0 Å². The Kier molecular flexibility index (Phi) is 5.59. The molecule has 0 radical (unpaired) electrons. The molecule has 1 aliphatic heterocycles. The third-order valence-corrected chi connectivity index (χ3v) is 6.07. The van der Waals surface area contributed by atoms with Crippen LogP contribution in [0.2, 0.25) is 0 Å². The van der Waals surface area contributed by atoms with Gasteiger partial charge in [-0.2, -0.15) is 4.31 Å². The summed E-state index contributed by atoms with van der Waals surface area (Å²) in [6, 6.07) is 11.5. The molecule has 0 aliphatic carbocycles. The molecule has 6 nitrogen and oxygen atoms in total. The minimum Gasteiger partial charge on any atom is -0.373 e. The van der Waals surface area contributed by atoms with E-state index in [1.165, 1.54) is 46.8 Å². The number of para-hydroxylation sites is 1. The summed E-state index contributed by atoms with van der Waals surface area (Å²) in [5.41, 5.74) is 0.167. The predicted molar refractivity (Wildman–Crippen MR) is 99.6 cm³/mol. The van der Waals surface area contributed by atoms with Crippen molar-refractivity contribution in [2.75, 3.05) is 18.4 Å². The average Bonchev–Trinajstić information content (AvgIpc) is 2.63. The normalized spacial score (nSPS) is 21.0. The fraction of sp³-hybridized carbons (Fsp3) is 0.316. The molecule has 0 aromatic heterocycles. The molecule has 0 saturated carbocycles. The number of nitrogens with one attached hydrogen (secondary N) is 1. The number of rotatable bonds is 4. The van der Waals surface area contributed by atoms with E-state index in [1.54, 1.807) is 6.07 Å². The van der Waals surface area contributed by atoms with E-state index in [1.807, 2.05) is 13.8 Å². The highest BCUT2D eigenvalue weighted by Crippen LogP contribution is 2.22. The highest BCUT2D eigenvalue weighted by Gasteiger charge is 2.32. The summed E-state index contributed by atoms with van der Waals surface area (Å²) >= 11 is 0. The van der Waals surface area contributed by atoms with E-state index in [0.29, 0.717) is 0 Å². The summed E-state index contributed by atoms with van der Waals surface area (Å²) in [5, 5.41) is 2.46. The van der Waals surface area contributed by atoms with Crippen molar-refractivity contribution in [2.24, 2.45) is 0 Å². The monoisotopic (exact) mass is 392 g/mol. The minimum atomic E-state index is -3.77. The van der Waals surface area contributed by atoms with Crippen molar-refractivity contribution in [3.8, 4) is 0 Å². The fourth-order valence-corrected chi connectivity index (χ4v) is 4.67. The fourth-order valence-electron chi connectivity index (χ4n) is 3.03. The summed E-state index contributed by atoms with van der Waals surface area (Å²) < 4.78 is 46.6. The molecule has 8 heteroatoms. The van der Waals surface area contributed by atoms with Gasteiger partial charge in [0.2, 0.25) is 10.0 Å². The van der Waals surface area contributed by atoms with Crippen LogP contribution >= 0.6 is 0 Å². The zero-order chi connectivity index (χ0) is 19.6. The first-order valence-corrected chi connectivity index (χ1v) is 10.0. The third kappa shape index (κ3) is 4.35. The van der Waals surface area contributed by atoms with Crippen LogP contribution in [0.25, 0.3) is 0 Å². The molecule has 2 aromatic rings. The van der Waals surface area contributed by atoms with Crippen LogP contribution in [0.15, 0.2) is 53.4 Å². The van der Waals surface area contributed by atoms with Gasteiger partial charge in [-0.25, -0.2) is 12.8 Å². The number of hydrogen-bond donors (Lipinski definition) is 1.